The Morgan fingerprint density at radius 1 is 1.16 bits per heavy atom. The molecule has 1 N–H and O–H groups in total. The molecule has 1 amide bonds. The molecule has 0 aliphatic heterocycles. The molecule has 0 radical (unpaired) electrons. The van der Waals surface area contributed by atoms with Crippen molar-refractivity contribution in [2.24, 2.45) is 0 Å². The fraction of sp³-hybridized carbons (Fsp3) is 0.318. The van der Waals surface area contributed by atoms with Gasteiger partial charge in [0.25, 0.3) is 5.56 Å². The van der Waals surface area contributed by atoms with Crippen LogP contribution in [0.15, 0.2) is 41.2 Å². The third-order valence-corrected chi connectivity index (χ3v) is 4.39. The quantitative estimate of drug-likeness (QED) is 0.643. The summed E-state index contributed by atoms with van der Waals surface area (Å²) < 4.78 is 48.4. The Hall–Kier alpha value is -3.36. The van der Waals surface area contributed by atoms with Crippen molar-refractivity contribution in [3.05, 3.63) is 70.0 Å². The Morgan fingerprint density at radius 2 is 1.81 bits per heavy atom. The zero-order valence-electron chi connectivity index (χ0n) is 17.5. The molecule has 0 saturated carbocycles. The first kappa shape index (κ1) is 22.3. The van der Waals surface area contributed by atoms with Crippen LogP contribution in [0.5, 0.6) is 0 Å². The van der Waals surface area contributed by atoms with Gasteiger partial charge in [0.1, 0.15) is 34.3 Å². The zero-order valence-corrected chi connectivity index (χ0v) is 17.5. The summed E-state index contributed by atoms with van der Waals surface area (Å²) in [5, 5.41) is 2.29. The lowest BCUT2D eigenvalue weighted by Crippen LogP contribution is -2.38. The van der Waals surface area contributed by atoms with Gasteiger partial charge in [-0.05, 0) is 51.5 Å². The minimum absolute atomic E-state index is 0.0125. The Balaban J connectivity index is 2.26. The van der Waals surface area contributed by atoms with Crippen molar-refractivity contribution in [3.63, 3.8) is 0 Å². The molecule has 0 bridgehead atoms. The standard InChI is InChI=1S/C22H22F3N3O3/c1-5-16(27-21(30)31-22(2,3)4)19-26-17-8-6-7-15(25)18(17)20(29)28(19)14-10-12(23)9-13(24)11-14/h6-11,16H,5H2,1-4H3,(H,27,30). The van der Waals surface area contributed by atoms with Crippen molar-refractivity contribution in [1.29, 1.82) is 0 Å². The molecular formula is C22H22F3N3O3. The Kier molecular flexibility index (Phi) is 6.06. The Bertz CT molecular complexity index is 1180. The maximum absolute atomic E-state index is 14.4. The van der Waals surface area contributed by atoms with E-state index in [9.17, 15) is 22.8 Å². The van der Waals surface area contributed by atoms with Gasteiger partial charge in [-0.25, -0.2) is 22.9 Å². The van der Waals surface area contributed by atoms with E-state index < -0.39 is 40.7 Å². The van der Waals surface area contributed by atoms with Crippen LogP contribution in [0.3, 0.4) is 0 Å². The van der Waals surface area contributed by atoms with Crippen molar-refractivity contribution >= 4 is 17.0 Å². The molecule has 3 aromatic rings. The van der Waals surface area contributed by atoms with Crippen LogP contribution < -0.4 is 10.9 Å². The van der Waals surface area contributed by atoms with E-state index in [1.54, 1.807) is 27.7 Å². The minimum Gasteiger partial charge on any atom is -0.444 e. The summed E-state index contributed by atoms with van der Waals surface area (Å²) in [6.45, 7) is 6.79. The number of carbonyl (C=O) groups excluding carboxylic acids is 1. The fourth-order valence-electron chi connectivity index (χ4n) is 3.16. The number of carbonyl (C=O) groups is 1. The summed E-state index contributed by atoms with van der Waals surface area (Å²) in [5.74, 6) is -2.67. The Labute approximate surface area is 176 Å². The van der Waals surface area contributed by atoms with Crippen LogP contribution in [0.2, 0.25) is 0 Å². The highest BCUT2D eigenvalue weighted by atomic mass is 19.1. The number of hydrogen-bond donors (Lipinski definition) is 1. The predicted molar refractivity (Wildman–Crippen MR) is 110 cm³/mol. The van der Waals surface area contributed by atoms with Gasteiger partial charge < -0.3 is 10.1 Å². The van der Waals surface area contributed by atoms with E-state index in [1.165, 1.54) is 12.1 Å². The number of aromatic nitrogens is 2. The fourth-order valence-corrected chi connectivity index (χ4v) is 3.16. The van der Waals surface area contributed by atoms with Gasteiger partial charge in [0.15, 0.2) is 0 Å². The predicted octanol–water partition coefficient (Wildman–Crippen LogP) is 4.78. The number of rotatable bonds is 4. The van der Waals surface area contributed by atoms with Crippen molar-refractivity contribution in [2.75, 3.05) is 0 Å². The zero-order chi connectivity index (χ0) is 22.9. The molecule has 1 atom stereocenters. The third-order valence-electron chi connectivity index (χ3n) is 4.39. The molecule has 0 fully saturated rings. The van der Waals surface area contributed by atoms with Gasteiger partial charge >= 0.3 is 6.09 Å². The molecule has 0 spiro atoms. The molecule has 6 nitrogen and oxygen atoms in total. The van der Waals surface area contributed by atoms with E-state index in [0.717, 1.165) is 22.8 Å². The number of nitrogens with one attached hydrogen (secondary N) is 1. The maximum atomic E-state index is 14.4. The molecule has 0 saturated heterocycles. The second kappa shape index (κ2) is 8.41. The molecule has 2 aromatic carbocycles. The highest BCUT2D eigenvalue weighted by molar-refractivity contribution is 5.79. The molecule has 0 aliphatic carbocycles. The first-order chi connectivity index (χ1) is 14.5. The number of benzene rings is 2. The van der Waals surface area contributed by atoms with Crippen LogP contribution in [-0.2, 0) is 4.74 Å². The first-order valence-corrected chi connectivity index (χ1v) is 9.67. The number of amides is 1. The molecule has 164 valence electrons. The topological polar surface area (TPSA) is 73.2 Å². The van der Waals surface area contributed by atoms with E-state index in [1.807, 2.05) is 0 Å². The molecule has 1 heterocycles. The maximum Gasteiger partial charge on any atom is 0.408 e. The van der Waals surface area contributed by atoms with Crippen LogP contribution in [-0.4, -0.2) is 21.2 Å². The number of halogens is 3. The molecule has 1 unspecified atom stereocenters. The summed E-state index contributed by atoms with van der Waals surface area (Å²) in [6, 6.07) is 5.59. The van der Waals surface area contributed by atoms with Crippen LogP contribution in [0.1, 0.15) is 46.0 Å². The smallest absolute Gasteiger partial charge is 0.408 e. The summed E-state index contributed by atoms with van der Waals surface area (Å²) in [7, 11) is 0. The van der Waals surface area contributed by atoms with E-state index in [0.29, 0.717) is 6.07 Å². The summed E-state index contributed by atoms with van der Waals surface area (Å²) >= 11 is 0. The first-order valence-electron chi connectivity index (χ1n) is 9.67. The highest BCUT2D eigenvalue weighted by Gasteiger charge is 2.25. The number of hydrogen-bond acceptors (Lipinski definition) is 4. The lowest BCUT2D eigenvalue weighted by molar-refractivity contribution is 0.0499. The molecule has 9 heteroatoms. The van der Waals surface area contributed by atoms with Crippen LogP contribution >= 0.6 is 0 Å². The molecule has 3 rings (SSSR count). The van der Waals surface area contributed by atoms with E-state index in [-0.39, 0.29) is 28.8 Å². The van der Waals surface area contributed by atoms with Gasteiger partial charge in [0.2, 0.25) is 0 Å². The number of fused-ring (bicyclic) bond motifs is 1. The lowest BCUT2D eigenvalue weighted by atomic mass is 10.1. The van der Waals surface area contributed by atoms with Crippen LogP contribution in [0.25, 0.3) is 16.6 Å². The largest absolute Gasteiger partial charge is 0.444 e. The third kappa shape index (κ3) is 4.87. The Morgan fingerprint density at radius 3 is 2.39 bits per heavy atom. The minimum atomic E-state index is -0.922. The monoisotopic (exact) mass is 433 g/mol. The second-order valence-corrected chi connectivity index (χ2v) is 7.98. The average Bonchev–Trinajstić information content (AvgIpc) is 2.63. The molecular weight excluding hydrogens is 411 g/mol. The van der Waals surface area contributed by atoms with E-state index in [4.69, 9.17) is 4.74 Å². The van der Waals surface area contributed by atoms with Crippen LogP contribution in [0, 0.1) is 17.5 Å². The lowest BCUT2D eigenvalue weighted by Gasteiger charge is -2.24. The second-order valence-electron chi connectivity index (χ2n) is 7.98. The number of ether oxygens (including phenoxy) is 1. The SMILES string of the molecule is CCC(NC(=O)OC(C)(C)C)c1nc2cccc(F)c2c(=O)n1-c1cc(F)cc(F)c1. The van der Waals surface area contributed by atoms with Gasteiger partial charge in [-0.2, -0.15) is 0 Å². The van der Waals surface area contributed by atoms with Crippen molar-refractivity contribution in [1.82, 2.24) is 14.9 Å². The van der Waals surface area contributed by atoms with Gasteiger partial charge in [-0.1, -0.05) is 13.0 Å². The van der Waals surface area contributed by atoms with Crippen molar-refractivity contribution < 1.29 is 22.7 Å². The van der Waals surface area contributed by atoms with Gasteiger partial charge in [-0.3, -0.25) is 9.36 Å². The van der Waals surface area contributed by atoms with E-state index in [2.05, 4.69) is 10.3 Å². The van der Waals surface area contributed by atoms with Gasteiger partial charge in [-0.15, -0.1) is 0 Å². The van der Waals surface area contributed by atoms with E-state index >= 15 is 0 Å². The molecule has 31 heavy (non-hydrogen) atoms. The van der Waals surface area contributed by atoms with Crippen molar-refractivity contribution in [3.8, 4) is 5.69 Å². The molecule has 1 aromatic heterocycles. The average molecular weight is 433 g/mol. The summed E-state index contributed by atoms with van der Waals surface area (Å²) in [5.41, 5.74) is -1.75. The van der Waals surface area contributed by atoms with Crippen LogP contribution in [0.4, 0.5) is 18.0 Å². The van der Waals surface area contributed by atoms with Gasteiger partial charge in [0, 0.05) is 6.07 Å². The number of nitrogens with zero attached hydrogens (tertiary/aromatic N) is 2. The summed E-state index contributed by atoms with van der Waals surface area (Å²) in [4.78, 5) is 29.9. The molecule has 0 aliphatic rings. The van der Waals surface area contributed by atoms with Gasteiger partial charge in [0.05, 0.1) is 17.2 Å². The number of alkyl carbamates (subject to hydrolysis) is 1. The highest BCUT2D eigenvalue weighted by Crippen LogP contribution is 2.23. The van der Waals surface area contributed by atoms with Crippen molar-refractivity contribution in [2.45, 2.75) is 45.8 Å². The normalized spacial score (nSPS) is 12.6. The summed E-state index contributed by atoms with van der Waals surface area (Å²) in [6.07, 6.45) is -0.491.